The average molecular weight is 315 g/mol. The molecule has 116 valence electrons. The molecule has 0 saturated carbocycles. The van der Waals surface area contributed by atoms with Gasteiger partial charge in [-0.05, 0) is 24.6 Å². The Labute approximate surface area is 135 Å². The van der Waals surface area contributed by atoms with E-state index in [2.05, 4.69) is 5.32 Å². The molecule has 0 saturated heterocycles. The number of hydrogen-bond acceptors (Lipinski definition) is 3. The molecule has 2 aromatic carbocycles. The van der Waals surface area contributed by atoms with Crippen molar-refractivity contribution < 1.29 is 9.90 Å². The van der Waals surface area contributed by atoms with E-state index in [0.29, 0.717) is 6.42 Å². The zero-order valence-corrected chi connectivity index (χ0v) is 13.4. The van der Waals surface area contributed by atoms with Gasteiger partial charge in [-0.1, -0.05) is 48.5 Å². The summed E-state index contributed by atoms with van der Waals surface area (Å²) in [7, 11) is 0. The highest BCUT2D eigenvalue weighted by Crippen LogP contribution is 2.22. The molecule has 2 aromatic rings. The van der Waals surface area contributed by atoms with Crippen LogP contribution in [0, 0.1) is 0 Å². The zero-order valence-electron chi connectivity index (χ0n) is 12.6. The van der Waals surface area contributed by atoms with Crippen LogP contribution in [0.15, 0.2) is 65.6 Å². The second-order valence-electron chi connectivity index (χ2n) is 5.16. The summed E-state index contributed by atoms with van der Waals surface area (Å²) in [4.78, 5) is 13.1. The van der Waals surface area contributed by atoms with Gasteiger partial charge in [-0.3, -0.25) is 4.79 Å². The topological polar surface area (TPSA) is 49.3 Å². The van der Waals surface area contributed by atoms with Crippen molar-refractivity contribution in [1.29, 1.82) is 0 Å². The molecule has 0 heterocycles. The van der Waals surface area contributed by atoms with Crippen molar-refractivity contribution in [2.75, 3.05) is 6.54 Å². The van der Waals surface area contributed by atoms with Gasteiger partial charge < -0.3 is 10.4 Å². The number of thioether (sulfide) groups is 1. The molecule has 3 nitrogen and oxygen atoms in total. The maximum absolute atomic E-state index is 12.1. The molecule has 0 bridgehead atoms. The smallest absolute Gasteiger partial charge is 0.233 e. The first kappa shape index (κ1) is 16.6. The monoisotopic (exact) mass is 315 g/mol. The molecule has 2 N–H and O–H groups in total. The van der Waals surface area contributed by atoms with Crippen LogP contribution in [0.1, 0.15) is 12.5 Å². The van der Waals surface area contributed by atoms with Crippen molar-refractivity contribution in [3.63, 3.8) is 0 Å². The third-order valence-electron chi connectivity index (χ3n) is 3.25. The summed E-state index contributed by atoms with van der Waals surface area (Å²) >= 11 is 1.51. The Morgan fingerprint density at radius 3 is 2.32 bits per heavy atom. The maximum Gasteiger partial charge on any atom is 0.233 e. The molecule has 4 heteroatoms. The number of nitrogens with one attached hydrogen (secondary N) is 1. The molecule has 0 aliphatic carbocycles. The molecular formula is C18H21NO2S. The first-order chi connectivity index (χ1) is 10.6. The molecular weight excluding hydrogens is 294 g/mol. The number of aliphatic hydroxyl groups is 1. The molecule has 1 amide bonds. The van der Waals surface area contributed by atoms with E-state index < -0.39 is 6.10 Å². The summed E-state index contributed by atoms with van der Waals surface area (Å²) in [5.74, 6) is -0.0547. The Morgan fingerprint density at radius 1 is 1.09 bits per heavy atom. The summed E-state index contributed by atoms with van der Waals surface area (Å²) < 4.78 is 0. The summed E-state index contributed by atoms with van der Waals surface area (Å²) in [5, 5.41) is 12.6. The van der Waals surface area contributed by atoms with Crippen LogP contribution in [0.2, 0.25) is 0 Å². The van der Waals surface area contributed by atoms with Crippen LogP contribution < -0.4 is 5.32 Å². The van der Waals surface area contributed by atoms with Gasteiger partial charge in [-0.15, -0.1) is 11.8 Å². The lowest BCUT2D eigenvalue weighted by Crippen LogP contribution is -2.37. The van der Waals surface area contributed by atoms with Crippen LogP contribution in [-0.2, 0) is 11.2 Å². The quantitative estimate of drug-likeness (QED) is 0.773. The van der Waals surface area contributed by atoms with E-state index in [9.17, 15) is 9.90 Å². The Hall–Kier alpha value is -1.78. The van der Waals surface area contributed by atoms with Crippen molar-refractivity contribution in [1.82, 2.24) is 5.32 Å². The number of aliphatic hydroxyl groups excluding tert-OH is 1. The molecule has 2 unspecified atom stereocenters. The minimum atomic E-state index is -0.569. The number of benzene rings is 2. The first-order valence-electron chi connectivity index (χ1n) is 7.36. The Morgan fingerprint density at radius 2 is 1.68 bits per heavy atom. The van der Waals surface area contributed by atoms with Crippen LogP contribution in [0.3, 0.4) is 0 Å². The van der Waals surface area contributed by atoms with Crippen LogP contribution in [0.4, 0.5) is 0 Å². The van der Waals surface area contributed by atoms with Crippen LogP contribution >= 0.6 is 11.8 Å². The summed E-state index contributed by atoms with van der Waals surface area (Å²) in [6, 6.07) is 19.6. The van der Waals surface area contributed by atoms with Gasteiger partial charge in [-0.2, -0.15) is 0 Å². The normalized spacial score (nSPS) is 13.4. The van der Waals surface area contributed by atoms with E-state index in [1.807, 2.05) is 67.6 Å². The third-order valence-corrected chi connectivity index (χ3v) is 4.36. The largest absolute Gasteiger partial charge is 0.391 e. The second kappa shape index (κ2) is 8.61. The van der Waals surface area contributed by atoms with Gasteiger partial charge >= 0.3 is 0 Å². The summed E-state index contributed by atoms with van der Waals surface area (Å²) in [6.07, 6.45) is -0.0262. The van der Waals surface area contributed by atoms with E-state index in [0.717, 1.165) is 10.5 Å². The minimum absolute atomic E-state index is 0.0547. The predicted octanol–water partition coefficient (Wildman–Crippen LogP) is 2.89. The van der Waals surface area contributed by atoms with Gasteiger partial charge in [0.1, 0.15) is 0 Å². The molecule has 0 spiro atoms. The van der Waals surface area contributed by atoms with Gasteiger partial charge in [0.25, 0.3) is 0 Å². The van der Waals surface area contributed by atoms with E-state index in [1.54, 1.807) is 0 Å². The van der Waals surface area contributed by atoms with Gasteiger partial charge in [0.15, 0.2) is 0 Å². The molecule has 0 aromatic heterocycles. The van der Waals surface area contributed by atoms with Gasteiger partial charge in [0.05, 0.1) is 11.4 Å². The first-order valence-corrected chi connectivity index (χ1v) is 8.24. The number of rotatable bonds is 7. The Balaban J connectivity index is 1.74. The van der Waals surface area contributed by atoms with Crippen LogP contribution in [0.5, 0.6) is 0 Å². The standard InChI is InChI=1S/C18H21NO2S/c1-14(22-17-10-6-3-7-11-17)18(21)19-13-16(20)12-15-8-4-2-5-9-15/h2-11,14,16,20H,12-13H2,1H3,(H,19,21). The lowest BCUT2D eigenvalue weighted by atomic mass is 10.1. The number of hydrogen-bond donors (Lipinski definition) is 2. The van der Waals surface area contributed by atoms with Crippen molar-refractivity contribution in [2.45, 2.75) is 29.6 Å². The highest BCUT2D eigenvalue weighted by atomic mass is 32.2. The SMILES string of the molecule is CC(Sc1ccccc1)C(=O)NCC(O)Cc1ccccc1. The van der Waals surface area contributed by atoms with Crippen LogP contribution in [-0.4, -0.2) is 28.9 Å². The molecule has 0 aliphatic rings. The molecule has 0 radical (unpaired) electrons. The van der Waals surface area contributed by atoms with Crippen LogP contribution in [0.25, 0.3) is 0 Å². The Bertz CT molecular complexity index is 574. The lowest BCUT2D eigenvalue weighted by molar-refractivity contribution is -0.120. The molecule has 2 atom stereocenters. The van der Waals surface area contributed by atoms with E-state index in [4.69, 9.17) is 0 Å². The summed E-state index contributed by atoms with van der Waals surface area (Å²) in [6.45, 7) is 2.14. The fourth-order valence-corrected chi connectivity index (χ4v) is 2.99. The highest BCUT2D eigenvalue weighted by Gasteiger charge is 2.15. The molecule has 0 aliphatic heterocycles. The summed E-state index contributed by atoms with van der Waals surface area (Å²) in [5.41, 5.74) is 1.07. The van der Waals surface area contributed by atoms with Gasteiger partial charge in [0.2, 0.25) is 5.91 Å². The number of carbonyl (C=O) groups excluding carboxylic acids is 1. The van der Waals surface area contributed by atoms with E-state index >= 15 is 0 Å². The molecule has 22 heavy (non-hydrogen) atoms. The number of amides is 1. The van der Waals surface area contributed by atoms with E-state index in [1.165, 1.54) is 11.8 Å². The van der Waals surface area contributed by atoms with Crippen molar-refractivity contribution in [3.05, 3.63) is 66.2 Å². The van der Waals surface area contributed by atoms with Crippen molar-refractivity contribution >= 4 is 17.7 Å². The third kappa shape index (κ3) is 5.54. The van der Waals surface area contributed by atoms with Crippen molar-refractivity contribution in [3.8, 4) is 0 Å². The molecule has 0 fully saturated rings. The average Bonchev–Trinajstić information content (AvgIpc) is 2.54. The zero-order chi connectivity index (χ0) is 15.8. The minimum Gasteiger partial charge on any atom is -0.391 e. The lowest BCUT2D eigenvalue weighted by Gasteiger charge is -2.15. The van der Waals surface area contributed by atoms with Crippen molar-refractivity contribution in [2.24, 2.45) is 0 Å². The molecule has 2 rings (SSSR count). The Kier molecular flexibility index (Phi) is 6.49. The predicted molar refractivity (Wildman–Crippen MR) is 90.9 cm³/mol. The second-order valence-corrected chi connectivity index (χ2v) is 6.58. The van der Waals surface area contributed by atoms with Gasteiger partial charge in [0, 0.05) is 17.9 Å². The fraction of sp³-hybridized carbons (Fsp3) is 0.278. The highest BCUT2D eigenvalue weighted by molar-refractivity contribution is 8.00. The maximum atomic E-state index is 12.1. The van der Waals surface area contributed by atoms with E-state index in [-0.39, 0.29) is 17.7 Å². The fourth-order valence-electron chi connectivity index (χ4n) is 2.08. The number of carbonyl (C=O) groups is 1. The van der Waals surface area contributed by atoms with Gasteiger partial charge in [-0.25, -0.2) is 0 Å².